The summed E-state index contributed by atoms with van der Waals surface area (Å²) in [4.78, 5) is 4.82. The molecule has 5 heteroatoms. The number of hydrogen-bond donors (Lipinski definition) is 0. The molecule has 6 aromatic carbocycles. The van der Waals surface area contributed by atoms with Crippen LogP contribution in [0.25, 0.3) is 22.1 Å². The summed E-state index contributed by atoms with van der Waals surface area (Å²) >= 11 is 0. The highest BCUT2D eigenvalue weighted by molar-refractivity contribution is 7.00. The largest absolute Gasteiger partial charge is 0.468 e. The van der Waals surface area contributed by atoms with Crippen molar-refractivity contribution < 1.29 is 8.81 Å². The van der Waals surface area contributed by atoms with Crippen LogP contribution in [0, 0.1) is 12.7 Å². The van der Waals surface area contributed by atoms with Crippen molar-refractivity contribution in [3.8, 4) is 11.1 Å². The summed E-state index contributed by atoms with van der Waals surface area (Å²) < 4.78 is 24.7. The van der Waals surface area contributed by atoms with Crippen molar-refractivity contribution >= 4 is 68.4 Å². The van der Waals surface area contributed by atoms with E-state index >= 15 is 4.39 Å². The first-order chi connectivity index (χ1) is 30.2. The van der Waals surface area contributed by atoms with Crippen molar-refractivity contribution in [2.45, 2.75) is 136 Å². The van der Waals surface area contributed by atoms with E-state index in [4.69, 9.17) is 4.42 Å². The van der Waals surface area contributed by atoms with E-state index in [-0.39, 0.29) is 39.6 Å². The van der Waals surface area contributed by atoms with Crippen molar-refractivity contribution in [3.63, 3.8) is 0 Å². The van der Waals surface area contributed by atoms with E-state index in [0.717, 1.165) is 92.9 Å². The predicted molar refractivity (Wildman–Crippen MR) is 270 cm³/mol. The quantitative estimate of drug-likeness (QED) is 0.165. The number of anilines is 6. The molecular weight excluding hydrogens is 782 g/mol. The third-order valence-corrected chi connectivity index (χ3v) is 16.0. The fourth-order valence-corrected chi connectivity index (χ4v) is 12.1. The Bertz CT molecular complexity index is 3090. The van der Waals surface area contributed by atoms with E-state index in [1.165, 1.54) is 39.0 Å². The highest BCUT2D eigenvalue weighted by Crippen LogP contribution is 2.56. The molecule has 0 saturated heterocycles. The lowest BCUT2D eigenvalue weighted by atomic mass is 9.35. The molecule has 3 nitrogen and oxygen atoms in total. The van der Waals surface area contributed by atoms with Gasteiger partial charge in [0.1, 0.15) is 11.4 Å². The van der Waals surface area contributed by atoms with E-state index in [1.54, 1.807) is 6.07 Å². The molecule has 324 valence electrons. The summed E-state index contributed by atoms with van der Waals surface area (Å²) in [6.07, 6.45) is 4.42. The zero-order chi connectivity index (χ0) is 45.0. The monoisotopic (exact) mass is 844 g/mol. The normalized spacial score (nSPS) is 18.5. The minimum Gasteiger partial charge on any atom is -0.468 e. The van der Waals surface area contributed by atoms with Crippen LogP contribution in [0.3, 0.4) is 0 Å². The molecule has 4 aliphatic rings. The van der Waals surface area contributed by atoms with Crippen molar-refractivity contribution in [2.75, 3.05) is 9.80 Å². The lowest BCUT2D eigenvalue weighted by Crippen LogP contribution is -2.61. The van der Waals surface area contributed by atoms with Gasteiger partial charge in [-0.2, -0.15) is 0 Å². The number of benzene rings is 6. The van der Waals surface area contributed by atoms with Gasteiger partial charge >= 0.3 is 0 Å². The van der Waals surface area contributed by atoms with E-state index < -0.39 is 0 Å². The van der Waals surface area contributed by atoms with Gasteiger partial charge in [0.2, 0.25) is 0 Å². The molecule has 0 saturated carbocycles. The Balaban J connectivity index is 1.29. The SMILES string of the molecule is Cc1ccc2oc3c(c2c1)N(c1ccc(C(C)(C)C)cc1-c1ccccc1)c1cc(F)cc2c1B3c1ccc3c(c1N2c1ccc2c(c1)C(C)(C)CCC2(C)C)C(C)(C)CCC3(C)C. The number of aryl methyl sites for hydroxylation is 1. The summed E-state index contributed by atoms with van der Waals surface area (Å²) in [6.45, 7) is 27.9. The van der Waals surface area contributed by atoms with Gasteiger partial charge in [-0.05, 0) is 153 Å². The van der Waals surface area contributed by atoms with Gasteiger partial charge in [0, 0.05) is 33.7 Å². The minimum atomic E-state index is -0.274. The second-order valence-corrected chi connectivity index (χ2v) is 23.3. The Morgan fingerprint density at radius 1 is 0.594 bits per heavy atom. The van der Waals surface area contributed by atoms with Gasteiger partial charge < -0.3 is 14.2 Å². The molecule has 3 heterocycles. The van der Waals surface area contributed by atoms with Gasteiger partial charge in [0.05, 0.1) is 17.0 Å². The summed E-state index contributed by atoms with van der Waals surface area (Å²) in [5.74, 6) is -0.255. The van der Waals surface area contributed by atoms with Crippen LogP contribution >= 0.6 is 0 Å². The number of rotatable bonds is 3. The standard InChI is InChI=1S/C59H62BFN2O/c1-35-18-25-49-41(30-35)52-54(64-49)60-45-23-22-43-50(59(11,12)29-28-57(43,7)8)53(45)62(39-20-21-42-44(34-39)58(9,10)27-26-56(42,5)6)47-32-38(61)33-48(51(47)60)63(52)46-24-19-37(55(2,3)4)31-40(46)36-16-14-13-15-17-36/h13-25,30-34H,26-29H2,1-12H3. The molecule has 64 heavy (non-hydrogen) atoms. The summed E-state index contributed by atoms with van der Waals surface area (Å²) in [5.41, 5.74) is 20.0. The second-order valence-electron chi connectivity index (χ2n) is 23.3. The van der Waals surface area contributed by atoms with Crippen LogP contribution in [0.2, 0.25) is 0 Å². The lowest BCUT2D eigenvalue weighted by molar-refractivity contribution is 0.331. The average molecular weight is 845 g/mol. The van der Waals surface area contributed by atoms with Crippen LogP contribution in [-0.2, 0) is 27.1 Å². The first kappa shape index (κ1) is 41.2. The number of hydrogen-bond acceptors (Lipinski definition) is 3. The Kier molecular flexibility index (Phi) is 8.69. The van der Waals surface area contributed by atoms with Gasteiger partial charge in [-0.15, -0.1) is 0 Å². The maximum atomic E-state index is 17.4. The fourth-order valence-electron chi connectivity index (χ4n) is 12.1. The van der Waals surface area contributed by atoms with E-state index in [1.807, 2.05) is 6.07 Å². The van der Waals surface area contributed by atoms with Crippen molar-refractivity contribution in [3.05, 3.63) is 148 Å². The first-order valence-electron chi connectivity index (χ1n) is 23.7. The molecule has 7 aromatic rings. The minimum absolute atomic E-state index is 0.00801. The highest BCUT2D eigenvalue weighted by Gasteiger charge is 2.51. The van der Waals surface area contributed by atoms with Crippen LogP contribution in [0.4, 0.5) is 38.5 Å². The molecule has 0 bridgehead atoms. The van der Waals surface area contributed by atoms with Crippen LogP contribution in [0.5, 0.6) is 0 Å². The van der Waals surface area contributed by atoms with Crippen LogP contribution in [-0.4, -0.2) is 6.71 Å². The molecule has 0 N–H and O–H groups in total. The van der Waals surface area contributed by atoms with Crippen LogP contribution in [0.1, 0.15) is 135 Å². The van der Waals surface area contributed by atoms with E-state index in [9.17, 15) is 0 Å². The molecule has 0 radical (unpaired) electrons. The Labute approximate surface area is 380 Å². The molecule has 0 fully saturated rings. The predicted octanol–water partition coefficient (Wildman–Crippen LogP) is 14.6. The zero-order valence-corrected chi connectivity index (χ0v) is 40.0. The molecular formula is C59H62BFN2O. The summed E-state index contributed by atoms with van der Waals surface area (Å²) in [7, 11) is 0. The van der Waals surface area contributed by atoms with Crippen molar-refractivity contribution in [1.29, 1.82) is 0 Å². The molecule has 0 unspecified atom stereocenters. The number of halogens is 1. The van der Waals surface area contributed by atoms with Crippen LogP contribution in [0.15, 0.2) is 114 Å². The van der Waals surface area contributed by atoms with Gasteiger partial charge in [-0.1, -0.05) is 142 Å². The maximum absolute atomic E-state index is 17.4. The van der Waals surface area contributed by atoms with Gasteiger partial charge in [-0.25, -0.2) is 4.39 Å². The highest BCUT2D eigenvalue weighted by atomic mass is 19.1. The Morgan fingerprint density at radius 2 is 1.23 bits per heavy atom. The second kappa shape index (κ2) is 13.5. The third-order valence-electron chi connectivity index (χ3n) is 16.0. The summed E-state index contributed by atoms with van der Waals surface area (Å²) in [5, 5.41) is 1.04. The number of nitrogens with zero attached hydrogens (tertiary/aromatic N) is 2. The zero-order valence-electron chi connectivity index (χ0n) is 40.0. The average Bonchev–Trinajstić information content (AvgIpc) is 3.61. The molecule has 2 aliphatic heterocycles. The maximum Gasteiger partial charge on any atom is 0.297 e. The molecule has 0 spiro atoms. The fraction of sp³-hybridized carbons (Fsp3) is 0.356. The molecule has 11 rings (SSSR count). The Morgan fingerprint density at radius 3 is 1.94 bits per heavy atom. The van der Waals surface area contributed by atoms with Gasteiger partial charge in [0.15, 0.2) is 0 Å². The molecule has 0 atom stereocenters. The smallest absolute Gasteiger partial charge is 0.297 e. The Hall–Kier alpha value is -5.55. The van der Waals surface area contributed by atoms with E-state index in [2.05, 4.69) is 190 Å². The molecule has 2 aliphatic carbocycles. The lowest BCUT2D eigenvalue weighted by Gasteiger charge is -2.49. The van der Waals surface area contributed by atoms with Crippen molar-refractivity contribution in [2.24, 2.45) is 0 Å². The van der Waals surface area contributed by atoms with Gasteiger partial charge in [-0.3, -0.25) is 0 Å². The topological polar surface area (TPSA) is 19.6 Å². The van der Waals surface area contributed by atoms with E-state index in [0.29, 0.717) is 0 Å². The number of furan rings is 1. The first-order valence-corrected chi connectivity index (χ1v) is 23.7. The van der Waals surface area contributed by atoms with Crippen molar-refractivity contribution in [1.82, 2.24) is 0 Å². The van der Waals surface area contributed by atoms with Crippen LogP contribution < -0.4 is 26.4 Å². The summed E-state index contributed by atoms with van der Waals surface area (Å²) in [6, 6.07) is 39.7. The van der Waals surface area contributed by atoms with Gasteiger partial charge in [0.25, 0.3) is 6.71 Å². The molecule has 1 aromatic heterocycles. The number of fused-ring (bicyclic) bond motifs is 9. The molecule has 0 amide bonds. The third kappa shape index (κ3) is 5.98.